The number of phenolic OH excluding ortho intramolecular Hbond substituents is 1. The number of aliphatic hydroxyl groups is 1. The highest BCUT2D eigenvalue weighted by Gasteiger charge is 2.12. The van der Waals surface area contributed by atoms with Gasteiger partial charge in [-0.15, -0.1) is 0 Å². The van der Waals surface area contributed by atoms with Crippen LogP contribution in [0.15, 0.2) is 24.3 Å². The molecule has 90 valence electrons. The van der Waals surface area contributed by atoms with E-state index in [1.54, 1.807) is 13.0 Å². The molecule has 0 spiro atoms. The Morgan fingerprint density at radius 2 is 2.00 bits per heavy atom. The van der Waals surface area contributed by atoms with Crippen LogP contribution >= 0.6 is 0 Å². The maximum atomic E-state index is 9.73. The second-order valence-corrected chi connectivity index (χ2v) is 4.11. The van der Waals surface area contributed by atoms with Crippen LogP contribution in [0.4, 0.5) is 0 Å². The number of nitrogens with one attached hydrogen (secondary N) is 1. The Morgan fingerprint density at radius 3 is 2.56 bits per heavy atom. The van der Waals surface area contributed by atoms with Gasteiger partial charge in [0.15, 0.2) is 0 Å². The van der Waals surface area contributed by atoms with Crippen LogP contribution in [-0.2, 0) is 0 Å². The van der Waals surface area contributed by atoms with E-state index in [0.29, 0.717) is 5.75 Å². The van der Waals surface area contributed by atoms with Crippen LogP contribution in [0.25, 0.3) is 0 Å². The molecule has 2 atom stereocenters. The molecule has 3 N–H and O–H groups in total. The smallest absolute Gasteiger partial charge is 0.120 e. The lowest BCUT2D eigenvalue weighted by Crippen LogP contribution is -2.24. The van der Waals surface area contributed by atoms with Crippen molar-refractivity contribution in [1.82, 2.24) is 5.32 Å². The van der Waals surface area contributed by atoms with Crippen molar-refractivity contribution in [2.45, 2.75) is 38.8 Å². The predicted octanol–water partition coefficient (Wildman–Crippen LogP) is 2.20. The standard InChI is InChI=1S/C13H21NO2/c1-3-12(14-9-8-10(2)15)11-6-4-5-7-13(11)16/h4-7,10,12,14-16H,3,8-9H2,1-2H3. The quantitative estimate of drug-likeness (QED) is 0.693. The van der Waals surface area contributed by atoms with E-state index in [4.69, 9.17) is 0 Å². The summed E-state index contributed by atoms with van der Waals surface area (Å²) in [7, 11) is 0. The minimum Gasteiger partial charge on any atom is -0.508 e. The van der Waals surface area contributed by atoms with Crippen molar-refractivity contribution in [2.24, 2.45) is 0 Å². The van der Waals surface area contributed by atoms with Crippen LogP contribution < -0.4 is 5.32 Å². The molecule has 3 heteroatoms. The first kappa shape index (κ1) is 13.0. The lowest BCUT2D eigenvalue weighted by molar-refractivity contribution is 0.182. The van der Waals surface area contributed by atoms with Crippen LogP contribution in [0.1, 0.15) is 38.3 Å². The van der Waals surface area contributed by atoms with Gasteiger partial charge in [0.25, 0.3) is 0 Å². The Balaban J connectivity index is 2.57. The molecule has 16 heavy (non-hydrogen) atoms. The first-order chi connectivity index (χ1) is 7.65. The lowest BCUT2D eigenvalue weighted by atomic mass is 10.0. The molecule has 0 aromatic heterocycles. The normalized spacial score (nSPS) is 14.7. The average Bonchev–Trinajstić information content (AvgIpc) is 2.25. The van der Waals surface area contributed by atoms with Gasteiger partial charge in [-0.3, -0.25) is 0 Å². The SMILES string of the molecule is CCC(NCCC(C)O)c1ccccc1O. The Kier molecular flexibility index (Phi) is 5.29. The largest absolute Gasteiger partial charge is 0.508 e. The van der Waals surface area contributed by atoms with E-state index in [1.807, 2.05) is 18.2 Å². The molecule has 1 aromatic carbocycles. The molecular weight excluding hydrogens is 202 g/mol. The molecule has 0 aliphatic heterocycles. The van der Waals surface area contributed by atoms with E-state index in [2.05, 4.69) is 12.2 Å². The minimum absolute atomic E-state index is 0.153. The molecule has 0 aliphatic rings. The summed E-state index contributed by atoms with van der Waals surface area (Å²) in [6, 6.07) is 7.53. The number of rotatable bonds is 6. The van der Waals surface area contributed by atoms with Gasteiger partial charge < -0.3 is 15.5 Å². The molecule has 2 unspecified atom stereocenters. The highest BCUT2D eigenvalue weighted by atomic mass is 16.3. The van der Waals surface area contributed by atoms with E-state index in [0.717, 1.165) is 24.9 Å². The van der Waals surface area contributed by atoms with E-state index in [9.17, 15) is 10.2 Å². The Labute approximate surface area is 97.1 Å². The first-order valence-electron chi connectivity index (χ1n) is 5.84. The summed E-state index contributed by atoms with van der Waals surface area (Å²) < 4.78 is 0. The fraction of sp³-hybridized carbons (Fsp3) is 0.538. The van der Waals surface area contributed by atoms with Gasteiger partial charge in [-0.1, -0.05) is 25.1 Å². The third-order valence-electron chi connectivity index (χ3n) is 2.67. The van der Waals surface area contributed by atoms with E-state index in [1.165, 1.54) is 0 Å². The zero-order valence-corrected chi connectivity index (χ0v) is 9.98. The number of hydrogen-bond donors (Lipinski definition) is 3. The zero-order valence-electron chi connectivity index (χ0n) is 9.98. The monoisotopic (exact) mass is 223 g/mol. The molecule has 1 aromatic rings. The summed E-state index contributed by atoms with van der Waals surface area (Å²) in [4.78, 5) is 0. The van der Waals surface area contributed by atoms with Gasteiger partial charge >= 0.3 is 0 Å². The van der Waals surface area contributed by atoms with Crippen molar-refractivity contribution >= 4 is 0 Å². The predicted molar refractivity (Wildman–Crippen MR) is 65.4 cm³/mol. The molecule has 1 rings (SSSR count). The number of phenols is 1. The van der Waals surface area contributed by atoms with Gasteiger partial charge in [-0.25, -0.2) is 0 Å². The maximum absolute atomic E-state index is 9.73. The molecule has 3 nitrogen and oxygen atoms in total. The first-order valence-corrected chi connectivity index (χ1v) is 5.84. The van der Waals surface area contributed by atoms with Gasteiger partial charge in [0.05, 0.1) is 6.10 Å². The van der Waals surface area contributed by atoms with Crippen LogP contribution in [-0.4, -0.2) is 22.9 Å². The minimum atomic E-state index is -0.283. The van der Waals surface area contributed by atoms with Crippen LogP contribution in [0.5, 0.6) is 5.75 Å². The summed E-state index contributed by atoms with van der Waals surface area (Å²) in [6.07, 6.45) is 1.36. The fourth-order valence-corrected chi connectivity index (χ4v) is 1.72. The second kappa shape index (κ2) is 6.51. The molecule has 0 saturated heterocycles. The summed E-state index contributed by atoms with van der Waals surface area (Å²) in [5, 5.41) is 22.2. The van der Waals surface area contributed by atoms with Crippen molar-refractivity contribution < 1.29 is 10.2 Å². The van der Waals surface area contributed by atoms with Crippen LogP contribution in [0.2, 0.25) is 0 Å². The molecule has 0 radical (unpaired) electrons. The van der Waals surface area contributed by atoms with Gasteiger partial charge in [0.2, 0.25) is 0 Å². The number of benzene rings is 1. The molecule has 0 aliphatic carbocycles. The maximum Gasteiger partial charge on any atom is 0.120 e. The molecule has 0 amide bonds. The number of hydrogen-bond acceptors (Lipinski definition) is 3. The Hall–Kier alpha value is -1.06. The molecule has 0 saturated carbocycles. The van der Waals surface area contributed by atoms with Crippen LogP contribution in [0, 0.1) is 0 Å². The summed E-state index contributed by atoms with van der Waals surface area (Å²) in [5.41, 5.74) is 0.926. The molecule has 0 bridgehead atoms. The average molecular weight is 223 g/mol. The van der Waals surface area contributed by atoms with Crippen molar-refractivity contribution in [1.29, 1.82) is 0 Å². The third-order valence-corrected chi connectivity index (χ3v) is 2.67. The summed E-state index contributed by atoms with van der Waals surface area (Å²) in [6.45, 7) is 4.61. The van der Waals surface area contributed by atoms with Gasteiger partial charge in [0, 0.05) is 11.6 Å². The Bertz CT molecular complexity index is 313. The zero-order chi connectivity index (χ0) is 12.0. The van der Waals surface area contributed by atoms with E-state index < -0.39 is 0 Å². The topological polar surface area (TPSA) is 52.5 Å². The number of aromatic hydroxyl groups is 1. The summed E-state index contributed by atoms with van der Waals surface area (Å²) in [5.74, 6) is 0.332. The molecule has 0 heterocycles. The van der Waals surface area contributed by atoms with Crippen molar-refractivity contribution in [2.75, 3.05) is 6.54 Å². The van der Waals surface area contributed by atoms with E-state index >= 15 is 0 Å². The van der Waals surface area contributed by atoms with Gasteiger partial charge in [-0.2, -0.15) is 0 Å². The van der Waals surface area contributed by atoms with Crippen molar-refractivity contribution in [3.05, 3.63) is 29.8 Å². The van der Waals surface area contributed by atoms with Crippen molar-refractivity contribution in [3.8, 4) is 5.75 Å². The van der Waals surface area contributed by atoms with E-state index in [-0.39, 0.29) is 12.1 Å². The van der Waals surface area contributed by atoms with Crippen LogP contribution in [0.3, 0.4) is 0 Å². The number of para-hydroxylation sites is 1. The Morgan fingerprint density at radius 1 is 1.31 bits per heavy atom. The highest BCUT2D eigenvalue weighted by molar-refractivity contribution is 5.34. The molecular formula is C13H21NO2. The fourth-order valence-electron chi connectivity index (χ4n) is 1.72. The third kappa shape index (κ3) is 3.83. The van der Waals surface area contributed by atoms with Crippen molar-refractivity contribution in [3.63, 3.8) is 0 Å². The number of aliphatic hydroxyl groups excluding tert-OH is 1. The summed E-state index contributed by atoms with van der Waals surface area (Å²) >= 11 is 0. The lowest BCUT2D eigenvalue weighted by Gasteiger charge is -2.18. The second-order valence-electron chi connectivity index (χ2n) is 4.11. The van der Waals surface area contributed by atoms with Gasteiger partial charge in [-0.05, 0) is 32.4 Å². The molecule has 0 fully saturated rings. The van der Waals surface area contributed by atoms with Gasteiger partial charge in [0.1, 0.15) is 5.75 Å². The highest BCUT2D eigenvalue weighted by Crippen LogP contribution is 2.25.